The molecule has 7 nitrogen and oxygen atoms in total. The molecule has 0 atom stereocenters. The first-order valence-electron chi connectivity index (χ1n) is 7.01. The highest BCUT2D eigenvalue weighted by molar-refractivity contribution is 5.87. The molecule has 7 heteroatoms. The number of nitrogens with one attached hydrogen (secondary N) is 1. The Kier molecular flexibility index (Phi) is 4.72. The van der Waals surface area contributed by atoms with Crippen LogP contribution in [0.3, 0.4) is 0 Å². The predicted octanol–water partition coefficient (Wildman–Crippen LogP) is 1.85. The molecule has 1 fully saturated rings. The fourth-order valence-electron chi connectivity index (χ4n) is 2.58. The maximum absolute atomic E-state index is 11.7. The molecule has 0 unspecified atom stereocenters. The van der Waals surface area contributed by atoms with E-state index in [0.29, 0.717) is 18.7 Å². The lowest BCUT2D eigenvalue weighted by Gasteiger charge is -2.29. The smallest absolute Gasteiger partial charge is 0.358 e. The van der Waals surface area contributed by atoms with E-state index in [2.05, 4.69) is 20.3 Å². The summed E-state index contributed by atoms with van der Waals surface area (Å²) in [6, 6.07) is 3.02. The van der Waals surface area contributed by atoms with Gasteiger partial charge < -0.3 is 15.2 Å². The van der Waals surface area contributed by atoms with Crippen molar-refractivity contribution in [3.8, 4) is 0 Å². The monoisotopic (exact) mass is 293 g/mol. The summed E-state index contributed by atoms with van der Waals surface area (Å²) in [4.78, 5) is 23.0. The van der Waals surface area contributed by atoms with Crippen LogP contribution >= 0.6 is 0 Å². The number of carbonyl (C=O) groups excluding carboxylic acids is 1. The van der Waals surface area contributed by atoms with Gasteiger partial charge in [0.2, 0.25) is 0 Å². The van der Waals surface area contributed by atoms with E-state index in [-0.39, 0.29) is 5.69 Å². The van der Waals surface area contributed by atoms with Gasteiger partial charge in [0.1, 0.15) is 11.4 Å². The second kappa shape index (κ2) is 6.51. The topological polar surface area (TPSA) is 101 Å². The van der Waals surface area contributed by atoms with E-state index < -0.39 is 17.5 Å². The summed E-state index contributed by atoms with van der Waals surface area (Å²) in [5.41, 5.74) is -0.911. The quantitative estimate of drug-likeness (QED) is 0.645. The molecule has 0 aromatic carbocycles. The number of carbonyl (C=O) groups is 2. The normalized spacial score (nSPS) is 17.6. The molecule has 2 rings (SSSR count). The van der Waals surface area contributed by atoms with Gasteiger partial charge in [0.05, 0.1) is 7.11 Å². The molecule has 0 radical (unpaired) electrons. The fraction of sp³-hybridized carbons (Fsp3) is 0.571. The number of rotatable bonds is 4. The van der Waals surface area contributed by atoms with Crippen LogP contribution in [0.1, 0.15) is 49.0 Å². The van der Waals surface area contributed by atoms with E-state index in [1.165, 1.54) is 13.2 Å². The van der Waals surface area contributed by atoms with Crippen LogP contribution < -0.4 is 5.32 Å². The van der Waals surface area contributed by atoms with Crippen LogP contribution in [0.5, 0.6) is 0 Å². The summed E-state index contributed by atoms with van der Waals surface area (Å²) >= 11 is 0. The zero-order valence-corrected chi connectivity index (χ0v) is 12.0. The van der Waals surface area contributed by atoms with Crippen LogP contribution in [0.25, 0.3) is 0 Å². The van der Waals surface area contributed by atoms with Crippen molar-refractivity contribution >= 4 is 17.8 Å². The number of anilines is 1. The minimum Gasteiger partial charge on any atom is -0.480 e. The second-order valence-electron chi connectivity index (χ2n) is 5.22. The second-order valence-corrected chi connectivity index (χ2v) is 5.22. The van der Waals surface area contributed by atoms with Gasteiger partial charge in [-0.15, -0.1) is 10.2 Å². The average molecular weight is 293 g/mol. The number of aromatic nitrogens is 2. The summed E-state index contributed by atoms with van der Waals surface area (Å²) < 4.78 is 4.54. The Bertz CT molecular complexity index is 507. The average Bonchev–Trinajstić information content (AvgIpc) is 2.74. The first-order valence-corrected chi connectivity index (χ1v) is 7.01. The van der Waals surface area contributed by atoms with Gasteiger partial charge in [-0.2, -0.15) is 0 Å². The molecule has 21 heavy (non-hydrogen) atoms. The number of methoxy groups -OCH3 is 1. The molecule has 0 aliphatic heterocycles. The highest BCUT2D eigenvalue weighted by atomic mass is 16.5. The van der Waals surface area contributed by atoms with E-state index >= 15 is 0 Å². The van der Waals surface area contributed by atoms with E-state index in [4.69, 9.17) is 0 Å². The van der Waals surface area contributed by atoms with Crippen molar-refractivity contribution in [2.45, 2.75) is 44.1 Å². The first-order chi connectivity index (χ1) is 10.1. The molecular weight excluding hydrogens is 274 g/mol. The van der Waals surface area contributed by atoms with Gasteiger partial charge in [-0.25, -0.2) is 9.59 Å². The van der Waals surface area contributed by atoms with E-state index in [1.807, 2.05) is 0 Å². The summed E-state index contributed by atoms with van der Waals surface area (Å²) in [5, 5.41) is 20.2. The Labute approximate surface area is 122 Å². The third-order valence-electron chi connectivity index (χ3n) is 3.79. The van der Waals surface area contributed by atoms with Crippen molar-refractivity contribution in [3.05, 3.63) is 17.8 Å². The summed E-state index contributed by atoms with van der Waals surface area (Å²) in [6.45, 7) is 0. The molecule has 1 heterocycles. The van der Waals surface area contributed by atoms with Gasteiger partial charge in [0.15, 0.2) is 5.69 Å². The molecule has 1 aromatic rings. The maximum Gasteiger partial charge on any atom is 0.358 e. The third kappa shape index (κ3) is 3.48. The Hall–Kier alpha value is -2.18. The van der Waals surface area contributed by atoms with Crippen LogP contribution in [0.15, 0.2) is 12.1 Å². The molecule has 1 saturated carbocycles. The highest BCUT2D eigenvalue weighted by Gasteiger charge is 2.39. The minimum atomic E-state index is -1.00. The standard InChI is InChI=1S/C14H19N3O4/c1-21-12(18)10-6-7-11(17-16-10)15-14(13(19)20)8-4-2-3-5-9-14/h6-7H,2-5,8-9H2,1H3,(H,15,17)(H,19,20). The third-order valence-corrected chi connectivity index (χ3v) is 3.79. The molecule has 0 amide bonds. The Morgan fingerprint density at radius 3 is 2.33 bits per heavy atom. The van der Waals surface area contributed by atoms with Crippen molar-refractivity contribution in [2.75, 3.05) is 12.4 Å². The lowest BCUT2D eigenvalue weighted by molar-refractivity contribution is -0.142. The Morgan fingerprint density at radius 1 is 1.19 bits per heavy atom. The van der Waals surface area contributed by atoms with E-state index in [0.717, 1.165) is 25.7 Å². The minimum absolute atomic E-state index is 0.0910. The summed E-state index contributed by atoms with van der Waals surface area (Å²) in [6.07, 6.45) is 4.94. The van der Waals surface area contributed by atoms with Crippen molar-refractivity contribution in [2.24, 2.45) is 0 Å². The number of hydrogen-bond donors (Lipinski definition) is 2. The summed E-state index contributed by atoms with van der Waals surface area (Å²) in [5.74, 6) is -1.09. The Morgan fingerprint density at radius 2 is 1.86 bits per heavy atom. The number of ether oxygens (including phenoxy) is 1. The molecule has 1 aliphatic carbocycles. The molecular formula is C14H19N3O4. The summed E-state index contributed by atoms with van der Waals surface area (Å²) in [7, 11) is 1.27. The van der Waals surface area contributed by atoms with Gasteiger partial charge in [0.25, 0.3) is 0 Å². The number of esters is 1. The van der Waals surface area contributed by atoms with Crippen molar-refractivity contribution in [1.82, 2.24) is 10.2 Å². The number of hydrogen-bond acceptors (Lipinski definition) is 6. The van der Waals surface area contributed by atoms with Gasteiger partial charge in [-0.05, 0) is 25.0 Å². The molecule has 114 valence electrons. The van der Waals surface area contributed by atoms with Crippen LogP contribution in [0, 0.1) is 0 Å². The largest absolute Gasteiger partial charge is 0.480 e. The number of nitrogens with zero attached hydrogens (tertiary/aromatic N) is 2. The number of carboxylic acids is 1. The lowest BCUT2D eigenvalue weighted by atomic mass is 9.90. The van der Waals surface area contributed by atoms with Crippen LogP contribution in [-0.2, 0) is 9.53 Å². The van der Waals surface area contributed by atoms with Crippen molar-refractivity contribution in [3.63, 3.8) is 0 Å². The molecule has 0 bridgehead atoms. The zero-order valence-electron chi connectivity index (χ0n) is 12.0. The van der Waals surface area contributed by atoms with Gasteiger partial charge >= 0.3 is 11.9 Å². The predicted molar refractivity (Wildman–Crippen MR) is 75.1 cm³/mol. The van der Waals surface area contributed by atoms with Crippen molar-refractivity contribution < 1.29 is 19.4 Å². The van der Waals surface area contributed by atoms with Crippen LogP contribution in [0.2, 0.25) is 0 Å². The molecule has 1 aromatic heterocycles. The van der Waals surface area contributed by atoms with Gasteiger partial charge in [0, 0.05) is 0 Å². The Balaban J connectivity index is 2.17. The first kappa shape index (κ1) is 15.2. The maximum atomic E-state index is 11.7. The van der Waals surface area contributed by atoms with Gasteiger partial charge in [-0.3, -0.25) is 0 Å². The molecule has 0 saturated heterocycles. The number of carboxylic acid groups (broad SMARTS) is 1. The van der Waals surface area contributed by atoms with Gasteiger partial charge in [-0.1, -0.05) is 25.7 Å². The molecule has 1 aliphatic rings. The number of aliphatic carboxylic acids is 1. The molecule has 2 N–H and O–H groups in total. The zero-order chi connectivity index (χ0) is 15.3. The highest BCUT2D eigenvalue weighted by Crippen LogP contribution is 2.30. The fourth-order valence-corrected chi connectivity index (χ4v) is 2.58. The SMILES string of the molecule is COC(=O)c1ccc(NC2(C(=O)O)CCCCCC2)nn1. The van der Waals surface area contributed by atoms with E-state index in [9.17, 15) is 14.7 Å². The molecule has 0 spiro atoms. The van der Waals surface area contributed by atoms with E-state index in [1.54, 1.807) is 6.07 Å². The lowest BCUT2D eigenvalue weighted by Crippen LogP contribution is -2.46. The van der Waals surface area contributed by atoms with Crippen LogP contribution in [0.4, 0.5) is 5.82 Å². The van der Waals surface area contributed by atoms with Crippen molar-refractivity contribution in [1.29, 1.82) is 0 Å². The van der Waals surface area contributed by atoms with Crippen LogP contribution in [-0.4, -0.2) is 39.9 Å².